The van der Waals surface area contributed by atoms with Crippen LogP contribution in [0.5, 0.6) is 0 Å². The summed E-state index contributed by atoms with van der Waals surface area (Å²) in [6.45, 7) is 4.57. The number of halogens is 1. The zero-order valence-electron chi connectivity index (χ0n) is 12.4. The Bertz CT molecular complexity index is 752. The molecule has 1 aromatic heterocycles. The minimum absolute atomic E-state index is 0.0352. The smallest absolute Gasteiger partial charge is 0.323 e. The summed E-state index contributed by atoms with van der Waals surface area (Å²) in [5, 5.41) is 2.91. The van der Waals surface area contributed by atoms with Gasteiger partial charge in [-0.2, -0.15) is 0 Å². The van der Waals surface area contributed by atoms with E-state index in [1.165, 1.54) is 6.42 Å². The van der Waals surface area contributed by atoms with Crippen molar-refractivity contribution in [3.63, 3.8) is 0 Å². The van der Waals surface area contributed by atoms with Gasteiger partial charge in [-0.15, -0.1) is 0 Å². The predicted molar refractivity (Wildman–Crippen MR) is 90.1 cm³/mol. The number of piperidine rings is 1. The van der Waals surface area contributed by atoms with E-state index in [-0.39, 0.29) is 11.6 Å². The van der Waals surface area contributed by atoms with Crippen LogP contribution in [0.3, 0.4) is 0 Å². The third kappa shape index (κ3) is 3.41. The first-order chi connectivity index (χ1) is 10.5. The highest BCUT2D eigenvalue weighted by atomic mass is 79.9. The Morgan fingerprint density at radius 2 is 2.14 bits per heavy atom. The predicted octanol–water partition coefficient (Wildman–Crippen LogP) is 2.29. The second-order valence-corrected chi connectivity index (χ2v) is 6.84. The Balaban J connectivity index is 1.70. The molecule has 2 aromatic rings. The van der Waals surface area contributed by atoms with Crippen molar-refractivity contribution in [2.45, 2.75) is 19.8 Å². The number of nitrogens with one attached hydrogen (secondary N) is 3. The highest BCUT2D eigenvalue weighted by Crippen LogP contribution is 2.26. The number of hydrogen-bond donors (Lipinski definition) is 3. The van der Waals surface area contributed by atoms with Crippen LogP contribution in [-0.4, -0.2) is 40.4 Å². The first-order valence-corrected chi connectivity index (χ1v) is 8.24. The molecule has 1 aliphatic heterocycles. The number of likely N-dealkylation sites (tertiary alicyclic amines) is 1. The van der Waals surface area contributed by atoms with E-state index in [2.05, 4.69) is 43.0 Å². The SMILES string of the molecule is C[C@H]1CCCN(CC(=O)Nc2cc3[nH]c(=O)[nH]c3cc2Br)C1. The molecule has 1 saturated heterocycles. The third-order valence-corrected chi connectivity index (χ3v) is 4.64. The van der Waals surface area contributed by atoms with Crippen molar-refractivity contribution < 1.29 is 4.79 Å². The van der Waals surface area contributed by atoms with Crippen molar-refractivity contribution in [1.82, 2.24) is 14.9 Å². The van der Waals surface area contributed by atoms with Crippen molar-refractivity contribution in [2.24, 2.45) is 5.92 Å². The van der Waals surface area contributed by atoms with Crippen LogP contribution in [0, 0.1) is 5.92 Å². The number of fused-ring (bicyclic) bond motifs is 1. The third-order valence-electron chi connectivity index (χ3n) is 3.99. The Kier molecular flexibility index (Phi) is 4.35. The quantitative estimate of drug-likeness (QED) is 0.779. The molecule has 0 radical (unpaired) electrons. The van der Waals surface area contributed by atoms with Gasteiger partial charge in [0.25, 0.3) is 0 Å². The molecule has 3 N–H and O–H groups in total. The van der Waals surface area contributed by atoms with Crippen LogP contribution < -0.4 is 11.0 Å². The minimum atomic E-state index is -0.257. The maximum atomic E-state index is 12.2. The van der Waals surface area contributed by atoms with E-state index < -0.39 is 0 Å². The fraction of sp³-hybridized carbons (Fsp3) is 0.467. The number of imidazole rings is 1. The fourth-order valence-electron chi connectivity index (χ4n) is 2.97. The number of hydrogen-bond acceptors (Lipinski definition) is 3. The Morgan fingerprint density at radius 1 is 1.41 bits per heavy atom. The monoisotopic (exact) mass is 366 g/mol. The lowest BCUT2D eigenvalue weighted by Crippen LogP contribution is -2.39. The van der Waals surface area contributed by atoms with Gasteiger partial charge in [0.1, 0.15) is 0 Å². The van der Waals surface area contributed by atoms with Gasteiger partial charge in [-0.1, -0.05) is 6.92 Å². The van der Waals surface area contributed by atoms with Gasteiger partial charge in [0.2, 0.25) is 5.91 Å². The van der Waals surface area contributed by atoms with Gasteiger partial charge in [-0.25, -0.2) is 4.79 Å². The van der Waals surface area contributed by atoms with Gasteiger partial charge in [0.15, 0.2) is 0 Å². The van der Waals surface area contributed by atoms with E-state index in [4.69, 9.17) is 0 Å². The second kappa shape index (κ2) is 6.26. The summed E-state index contributed by atoms with van der Waals surface area (Å²) in [6, 6.07) is 3.54. The molecule has 2 heterocycles. The number of nitrogens with zero attached hydrogens (tertiary/aromatic N) is 1. The molecule has 1 amide bonds. The molecule has 3 rings (SSSR count). The van der Waals surface area contributed by atoms with Crippen molar-refractivity contribution in [1.29, 1.82) is 0 Å². The summed E-state index contributed by atoms with van der Waals surface area (Å²) >= 11 is 3.43. The number of anilines is 1. The standard InChI is InChI=1S/C15H19BrN4O2/c1-9-3-2-4-20(7-9)8-14(21)17-11-6-13-12(5-10(11)16)18-15(22)19-13/h5-6,9H,2-4,7-8H2,1H3,(H,17,21)(H2,18,19,22)/t9-/m0/s1. The molecule has 1 aromatic carbocycles. The van der Waals surface area contributed by atoms with Crippen molar-refractivity contribution >= 4 is 38.6 Å². The molecular formula is C15H19BrN4O2. The zero-order chi connectivity index (χ0) is 15.7. The van der Waals surface area contributed by atoms with E-state index in [0.717, 1.165) is 24.0 Å². The van der Waals surface area contributed by atoms with Crippen LogP contribution >= 0.6 is 15.9 Å². The van der Waals surface area contributed by atoms with Crippen LogP contribution in [-0.2, 0) is 4.79 Å². The van der Waals surface area contributed by atoms with Crippen molar-refractivity contribution in [3.05, 3.63) is 27.1 Å². The van der Waals surface area contributed by atoms with Crippen LogP contribution in [0.4, 0.5) is 5.69 Å². The fourth-order valence-corrected chi connectivity index (χ4v) is 3.42. The number of aromatic amines is 2. The van der Waals surface area contributed by atoms with Gasteiger partial charge in [-0.3, -0.25) is 9.69 Å². The summed E-state index contributed by atoms with van der Waals surface area (Å²) in [7, 11) is 0. The molecule has 0 bridgehead atoms. The molecule has 0 unspecified atom stereocenters. The summed E-state index contributed by atoms with van der Waals surface area (Å²) in [4.78, 5) is 31.1. The van der Waals surface area contributed by atoms with E-state index in [1.807, 2.05) is 0 Å². The number of aromatic nitrogens is 2. The maximum Gasteiger partial charge on any atom is 0.323 e. The average Bonchev–Trinajstić information content (AvgIpc) is 2.78. The Labute approximate surface area is 136 Å². The van der Waals surface area contributed by atoms with Gasteiger partial charge in [0, 0.05) is 11.0 Å². The number of rotatable bonds is 3. The lowest BCUT2D eigenvalue weighted by Gasteiger charge is -2.30. The van der Waals surface area contributed by atoms with E-state index >= 15 is 0 Å². The normalized spacial score (nSPS) is 19.5. The molecular weight excluding hydrogens is 348 g/mol. The van der Waals surface area contributed by atoms with Crippen LogP contribution in [0.1, 0.15) is 19.8 Å². The Hall–Kier alpha value is -1.60. The largest absolute Gasteiger partial charge is 0.324 e. The summed E-state index contributed by atoms with van der Waals surface area (Å²) in [5.74, 6) is 0.613. The summed E-state index contributed by atoms with van der Waals surface area (Å²) < 4.78 is 0.746. The molecule has 6 nitrogen and oxygen atoms in total. The van der Waals surface area contributed by atoms with Crippen LogP contribution in [0.2, 0.25) is 0 Å². The molecule has 1 fully saturated rings. The molecule has 7 heteroatoms. The van der Waals surface area contributed by atoms with E-state index in [1.54, 1.807) is 12.1 Å². The summed E-state index contributed by atoms with van der Waals surface area (Å²) in [6.07, 6.45) is 2.38. The first-order valence-electron chi connectivity index (χ1n) is 7.45. The number of carbonyl (C=O) groups excluding carboxylic acids is 1. The molecule has 0 saturated carbocycles. The lowest BCUT2D eigenvalue weighted by molar-refractivity contribution is -0.117. The molecule has 0 spiro atoms. The number of amides is 1. The maximum absolute atomic E-state index is 12.2. The number of H-pyrrole nitrogens is 2. The zero-order valence-corrected chi connectivity index (χ0v) is 14.0. The second-order valence-electron chi connectivity index (χ2n) is 5.99. The topological polar surface area (TPSA) is 81.0 Å². The highest BCUT2D eigenvalue weighted by molar-refractivity contribution is 9.10. The average molecular weight is 367 g/mol. The van der Waals surface area contributed by atoms with E-state index in [9.17, 15) is 9.59 Å². The van der Waals surface area contributed by atoms with Gasteiger partial charge in [-0.05, 0) is 53.4 Å². The molecule has 0 aliphatic carbocycles. The number of carbonyl (C=O) groups is 1. The van der Waals surface area contributed by atoms with Crippen molar-refractivity contribution in [3.8, 4) is 0 Å². The molecule has 22 heavy (non-hydrogen) atoms. The van der Waals surface area contributed by atoms with Crippen molar-refractivity contribution in [2.75, 3.05) is 25.0 Å². The van der Waals surface area contributed by atoms with Gasteiger partial charge in [0.05, 0.1) is 23.3 Å². The van der Waals surface area contributed by atoms with Crippen LogP contribution in [0.25, 0.3) is 11.0 Å². The first kappa shape index (κ1) is 15.3. The Morgan fingerprint density at radius 3 is 2.86 bits per heavy atom. The number of benzene rings is 1. The molecule has 1 atom stereocenters. The minimum Gasteiger partial charge on any atom is -0.324 e. The lowest BCUT2D eigenvalue weighted by atomic mass is 10.0. The van der Waals surface area contributed by atoms with Crippen LogP contribution in [0.15, 0.2) is 21.4 Å². The van der Waals surface area contributed by atoms with E-state index in [0.29, 0.717) is 29.2 Å². The summed E-state index contributed by atoms with van der Waals surface area (Å²) in [5.41, 5.74) is 1.79. The highest BCUT2D eigenvalue weighted by Gasteiger charge is 2.19. The van der Waals surface area contributed by atoms with Gasteiger partial charge < -0.3 is 15.3 Å². The molecule has 1 aliphatic rings. The molecule has 118 valence electrons. The van der Waals surface area contributed by atoms with Gasteiger partial charge >= 0.3 is 5.69 Å².